The Morgan fingerprint density at radius 2 is 1.83 bits per heavy atom. The van der Waals surface area contributed by atoms with Crippen molar-refractivity contribution in [3.8, 4) is 5.75 Å². The Bertz CT molecular complexity index is 875. The summed E-state index contributed by atoms with van der Waals surface area (Å²) in [6.07, 6.45) is 4.08. The maximum Gasteiger partial charge on any atom is 0.263 e. The van der Waals surface area contributed by atoms with Gasteiger partial charge in [-0.05, 0) is 56.2 Å². The highest BCUT2D eigenvalue weighted by molar-refractivity contribution is 5.95. The second-order valence-electron chi connectivity index (χ2n) is 8.36. The number of nitrogens with zero attached hydrogens (tertiary/aromatic N) is 2. The highest BCUT2D eigenvalue weighted by Crippen LogP contribution is 2.27. The summed E-state index contributed by atoms with van der Waals surface area (Å²) in [4.78, 5) is 28.6. The molecule has 0 saturated carbocycles. The molecule has 2 heterocycles. The highest BCUT2D eigenvalue weighted by atomic mass is 16.5. The molecule has 2 aromatic rings. The molecule has 158 valence electrons. The van der Waals surface area contributed by atoms with Gasteiger partial charge in [-0.2, -0.15) is 0 Å². The lowest BCUT2D eigenvalue weighted by molar-refractivity contribution is -0.139. The predicted octanol–water partition coefficient (Wildman–Crippen LogP) is 4.06. The lowest BCUT2D eigenvalue weighted by atomic mass is 9.90. The summed E-state index contributed by atoms with van der Waals surface area (Å²) >= 11 is 0. The zero-order chi connectivity index (χ0) is 20.9. The van der Waals surface area contributed by atoms with Crippen molar-refractivity contribution in [2.24, 2.45) is 5.92 Å². The zero-order valence-corrected chi connectivity index (χ0v) is 17.6. The highest BCUT2D eigenvalue weighted by Gasteiger charge is 2.27. The number of likely N-dealkylation sites (tertiary alicyclic amines) is 1. The maximum absolute atomic E-state index is 12.9. The van der Waals surface area contributed by atoms with Gasteiger partial charge in [0.2, 0.25) is 5.91 Å². The quantitative estimate of drug-likeness (QED) is 0.727. The molecule has 0 N–H and O–H groups in total. The molecule has 0 aromatic heterocycles. The Morgan fingerprint density at radius 3 is 2.53 bits per heavy atom. The molecule has 5 nitrogen and oxygen atoms in total. The van der Waals surface area contributed by atoms with Crippen LogP contribution in [0.5, 0.6) is 5.75 Å². The number of hydrogen-bond donors (Lipinski definition) is 0. The van der Waals surface area contributed by atoms with Gasteiger partial charge in [0.25, 0.3) is 5.91 Å². The zero-order valence-electron chi connectivity index (χ0n) is 17.6. The van der Waals surface area contributed by atoms with Gasteiger partial charge in [-0.1, -0.05) is 36.4 Å². The third-order valence-corrected chi connectivity index (χ3v) is 6.16. The first-order valence-corrected chi connectivity index (χ1v) is 11.0. The van der Waals surface area contributed by atoms with Crippen LogP contribution < -0.4 is 9.64 Å². The minimum atomic E-state index is -0.541. The van der Waals surface area contributed by atoms with Crippen molar-refractivity contribution in [1.29, 1.82) is 0 Å². The number of ether oxygens (including phenoxy) is 1. The molecule has 2 aliphatic rings. The lowest BCUT2D eigenvalue weighted by Gasteiger charge is -2.33. The predicted molar refractivity (Wildman–Crippen MR) is 118 cm³/mol. The number of piperidine rings is 1. The van der Waals surface area contributed by atoms with Gasteiger partial charge in [0, 0.05) is 37.8 Å². The standard InChI is InChI=1S/C25H30N2O3/c1-19(30-23-10-5-9-22(18-23)27-14-6-11-24(27)28)25(29)26-15-12-21(13-16-26)17-20-7-3-2-4-8-20/h2-5,7-10,18-19,21H,6,11-17H2,1H3. The van der Waals surface area contributed by atoms with Crippen molar-refractivity contribution in [3.05, 3.63) is 60.2 Å². The molecule has 0 bridgehead atoms. The van der Waals surface area contributed by atoms with Crippen molar-refractivity contribution >= 4 is 17.5 Å². The summed E-state index contributed by atoms with van der Waals surface area (Å²) in [6, 6.07) is 18.1. The fourth-order valence-corrected chi connectivity index (χ4v) is 4.46. The molecular formula is C25H30N2O3. The summed E-state index contributed by atoms with van der Waals surface area (Å²) in [5.74, 6) is 1.44. The summed E-state index contributed by atoms with van der Waals surface area (Å²) < 4.78 is 5.96. The van der Waals surface area contributed by atoms with Crippen molar-refractivity contribution in [2.75, 3.05) is 24.5 Å². The van der Waals surface area contributed by atoms with Gasteiger partial charge in [-0.3, -0.25) is 9.59 Å². The molecule has 1 unspecified atom stereocenters. The van der Waals surface area contributed by atoms with E-state index in [-0.39, 0.29) is 11.8 Å². The van der Waals surface area contributed by atoms with Gasteiger partial charge in [0.1, 0.15) is 5.75 Å². The molecule has 2 aliphatic heterocycles. The molecule has 0 spiro atoms. The summed E-state index contributed by atoms with van der Waals surface area (Å²) in [5.41, 5.74) is 2.21. The topological polar surface area (TPSA) is 49.9 Å². The van der Waals surface area contributed by atoms with Gasteiger partial charge < -0.3 is 14.5 Å². The Kier molecular flexibility index (Phi) is 6.36. The first-order valence-electron chi connectivity index (χ1n) is 11.0. The Balaban J connectivity index is 1.30. The largest absolute Gasteiger partial charge is 0.481 e. The minimum absolute atomic E-state index is 0.0378. The number of benzene rings is 2. The van der Waals surface area contributed by atoms with E-state index in [2.05, 4.69) is 24.3 Å². The fourth-order valence-electron chi connectivity index (χ4n) is 4.46. The van der Waals surface area contributed by atoms with E-state index in [9.17, 15) is 9.59 Å². The summed E-state index contributed by atoms with van der Waals surface area (Å²) in [6.45, 7) is 4.12. The number of carbonyl (C=O) groups is 2. The normalized spacial score (nSPS) is 18.5. The molecule has 0 radical (unpaired) electrons. The van der Waals surface area contributed by atoms with Gasteiger partial charge in [-0.15, -0.1) is 0 Å². The van der Waals surface area contributed by atoms with Crippen LogP contribution in [0, 0.1) is 5.92 Å². The van der Waals surface area contributed by atoms with E-state index in [4.69, 9.17) is 4.74 Å². The average Bonchev–Trinajstić information content (AvgIpc) is 3.20. The second-order valence-corrected chi connectivity index (χ2v) is 8.36. The first kappa shape index (κ1) is 20.5. The van der Waals surface area contributed by atoms with Crippen LogP contribution in [0.3, 0.4) is 0 Å². The number of anilines is 1. The number of carbonyl (C=O) groups excluding carboxylic acids is 2. The first-order chi connectivity index (χ1) is 14.6. The van der Waals surface area contributed by atoms with Crippen molar-refractivity contribution < 1.29 is 14.3 Å². The number of hydrogen-bond acceptors (Lipinski definition) is 3. The van der Waals surface area contributed by atoms with Crippen molar-refractivity contribution in [2.45, 2.75) is 45.1 Å². The molecule has 1 atom stereocenters. The molecule has 5 heteroatoms. The van der Waals surface area contributed by atoms with Crippen LogP contribution in [0.4, 0.5) is 5.69 Å². The maximum atomic E-state index is 12.9. The van der Waals surface area contributed by atoms with E-state index in [1.165, 1.54) is 5.56 Å². The van der Waals surface area contributed by atoms with Crippen LogP contribution in [0.15, 0.2) is 54.6 Å². The van der Waals surface area contributed by atoms with E-state index in [0.29, 0.717) is 18.1 Å². The Morgan fingerprint density at radius 1 is 1.07 bits per heavy atom. The van der Waals surface area contributed by atoms with Crippen LogP contribution in [0.25, 0.3) is 0 Å². The van der Waals surface area contributed by atoms with E-state index in [0.717, 1.165) is 51.0 Å². The van der Waals surface area contributed by atoms with Crippen molar-refractivity contribution in [3.63, 3.8) is 0 Å². The van der Waals surface area contributed by atoms with E-state index in [1.54, 1.807) is 4.90 Å². The molecule has 2 aromatic carbocycles. The van der Waals surface area contributed by atoms with E-state index >= 15 is 0 Å². The minimum Gasteiger partial charge on any atom is -0.481 e. The Labute approximate surface area is 178 Å². The molecule has 2 saturated heterocycles. The monoisotopic (exact) mass is 406 g/mol. The van der Waals surface area contributed by atoms with Crippen LogP contribution in [-0.4, -0.2) is 42.5 Å². The van der Waals surface area contributed by atoms with E-state index < -0.39 is 6.10 Å². The number of rotatable bonds is 6. The summed E-state index contributed by atoms with van der Waals surface area (Å²) in [7, 11) is 0. The third kappa shape index (κ3) is 4.84. The lowest BCUT2D eigenvalue weighted by Crippen LogP contribution is -2.45. The molecule has 2 amide bonds. The smallest absolute Gasteiger partial charge is 0.263 e. The van der Waals surface area contributed by atoms with Gasteiger partial charge in [0.15, 0.2) is 6.10 Å². The van der Waals surface area contributed by atoms with Gasteiger partial charge in [0.05, 0.1) is 0 Å². The second kappa shape index (κ2) is 9.33. The average molecular weight is 407 g/mol. The SMILES string of the molecule is CC(Oc1cccc(N2CCCC2=O)c1)C(=O)N1CCC(Cc2ccccc2)CC1. The van der Waals surface area contributed by atoms with Gasteiger partial charge in [-0.25, -0.2) is 0 Å². The summed E-state index contributed by atoms with van der Waals surface area (Å²) in [5, 5.41) is 0. The van der Waals surface area contributed by atoms with Crippen LogP contribution in [0.1, 0.15) is 38.2 Å². The Hall–Kier alpha value is -2.82. The number of amides is 2. The molecule has 4 rings (SSSR count). The molecule has 0 aliphatic carbocycles. The van der Waals surface area contributed by atoms with Crippen LogP contribution in [-0.2, 0) is 16.0 Å². The fraction of sp³-hybridized carbons (Fsp3) is 0.440. The molecule has 30 heavy (non-hydrogen) atoms. The molecular weight excluding hydrogens is 376 g/mol. The third-order valence-electron chi connectivity index (χ3n) is 6.16. The van der Waals surface area contributed by atoms with Crippen LogP contribution in [0.2, 0.25) is 0 Å². The van der Waals surface area contributed by atoms with E-state index in [1.807, 2.05) is 42.2 Å². The van der Waals surface area contributed by atoms with Gasteiger partial charge >= 0.3 is 0 Å². The van der Waals surface area contributed by atoms with Crippen LogP contribution >= 0.6 is 0 Å². The van der Waals surface area contributed by atoms with Crippen molar-refractivity contribution in [1.82, 2.24) is 4.90 Å². The molecule has 2 fully saturated rings.